The Kier molecular flexibility index (Phi) is 4.59. The van der Waals surface area contributed by atoms with Crippen molar-refractivity contribution in [2.45, 2.75) is 51.6 Å². The van der Waals surface area contributed by atoms with Crippen molar-refractivity contribution in [2.24, 2.45) is 0 Å². The lowest BCUT2D eigenvalue weighted by Gasteiger charge is -2.36. The molecule has 1 saturated carbocycles. The average Bonchev–Trinajstić information content (AvgIpc) is 2.39. The molecule has 0 bridgehead atoms. The van der Waals surface area contributed by atoms with Crippen LogP contribution in [-0.2, 0) is 0 Å². The Bertz CT molecular complexity index is 370. The van der Waals surface area contributed by atoms with Gasteiger partial charge in [0.15, 0.2) is 0 Å². The predicted molar refractivity (Wildman–Crippen MR) is 77.1 cm³/mol. The van der Waals surface area contributed by atoms with Gasteiger partial charge in [-0.25, -0.2) is 0 Å². The summed E-state index contributed by atoms with van der Waals surface area (Å²) >= 11 is 0. The van der Waals surface area contributed by atoms with Crippen LogP contribution in [0.5, 0.6) is 0 Å². The summed E-state index contributed by atoms with van der Waals surface area (Å²) in [6.07, 6.45) is 7.08. The normalized spacial score (nSPS) is 23.9. The molecule has 1 aromatic rings. The van der Waals surface area contributed by atoms with Gasteiger partial charge in [-0.05, 0) is 51.3 Å². The smallest absolute Gasteiger partial charge is 0.0399 e. The molecule has 0 aromatic carbocycles. The van der Waals surface area contributed by atoms with Crippen molar-refractivity contribution in [1.29, 1.82) is 0 Å². The minimum atomic E-state index is 0.682. The van der Waals surface area contributed by atoms with Gasteiger partial charge in [0, 0.05) is 36.7 Å². The van der Waals surface area contributed by atoms with E-state index in [1.807, 2.05) is 6.20 Å². The van der Waals surface area contributed by atoms with Crippen LogP contribution in [0.1, 0.15) is 38.3 Å². The third-order valence-electron chi connectivity index (χ3n) is 4.02. The molecule has 0 atom stereocenters. The van der Waals surface area contributed by atoms with Crippen LogP contribution in [0, 0.1) is 6.92 Å². The zero-order chi connectivity index (χ0) is 13.0. The Morgan fingerprint density at radius 2 is 2.06 bits per heavy atom. The van der Waals surface area contributed by atoms with Crippen LogP contribution >= 0.6 is 0 Å². The minimum Gasteiger partial charge on any atom is -0.372 e. The van der Waals surface area contributed by atoms with Crippen LogP contribution in [0.4, 0.5) is 5.69 Å². The molecule has 0 unspecified atom stereocenters. The van der Waals surface area contributed by atoms with Gasteiger partial charge in [-0.3, -0.25) is 4.98 Å². The second kappa shape index (κ2) is 6.19. The first-order valence-corrected chi connectivity index (χ1v) is 7.09. The van der Waals surface area contributed by atoms with Gasteiger partial charge in [0.25, 0.3) is 0 Å². The summed E-state index contributed by atoms with van der Waals surface area (Å²) in [6.45, 7) is 5.34. The number of nitrogens with one attached hydrogen (secondary N) is 1. The maximum atomic E-state index is 4.27. The molecule has 1 N–H and O–H groups in total. The van der Waals surface area contributed by atoms with Crippen molar-refractivity contribution in [3.63, 3.8) is 0 Å². The van der Waals surface area contributed by atoms with Crippen LogP contribution in [0.15, 0.2) is 18.3 Å². The number of pyridine rings is 1. The van der Waals surface area contributed by atoms with Gasteiger partial charge in [0.05, 0.1) is 0 Å². The maximum absolute atomic E-state index is 4.27. The third-order valence-corrected chi connectivity index (χ3v) is 4.02. The average molecular weight is 247 g/mol. The van der Waals surface area contributed by atoms with Gasteiger partial charge in [-0.15, -0.1) is 0 Å². The summed E-state index contributed by atoms with van der Waals surface area (Å²) in [4.78, 5) is 6.69. The molecule has 0 saturated heterocycles. The van der Waals surface area contributed by atoms with Crippen molar-refractivity contribution >= 4 is 5.69 Å². The molecule has 0 spiro atoms. The molecule has 2 rings (SSSR count). The zero-order valence-corrected chi connectivity index (χ0v) is 11.8. The summed E-state index contributed by atoms with van der Waals surface area (Å²) < 4.78 is 0. The molecule has 3 nitrogen and oxygen atoms in total. The van der Waals surface area contributed by atoms with E-state index in [2.05, 4.69) is 48.2 Å². The predicted octanol–water partition coefficient (Wildman–Crippen LogP) is 2.75. The van der Waals surface area contributed by atoms with E-state index in [4.69, 9.17) is 0 Å². The molecular weight excluding hydrogens is 222 g/mol. The highest BCUT2D eigenvalue weighted by Gasteiger charge is 2.23. The highest BCUT2D eigenvalue weighted by Crippen LogP contribution is 2.26. The summed E-state index contributed by atoms with van der Waals surface area (Å²) in [5.41, 5.74) is 2.40. The molecule has 0 amide bonds. The molecule has 18 heavy (non-hydrogen) atoms. The number of aromatic nitrogens is 1. The summed E-state index contributed by atoms with van der Waals surface area (Å²) in [5, 5.41) is 3.56. The summed E-state index contributed by atoms with van der Waals surface area (Å²) in [6, 6.07) is 5.71. The maximum Gasteiger partial charge on any atom is 0.0399 e. The van der Waals surface area contributed by atoms with Crippen molar-refractivity contribution in [3.05, 3.63) is 24.0 Å². The van der Waals surface area contributed by atoms with Crippen molar-refractivity contribution in [1.82, 2.24) is 10.3 Å². The number of hydrogen-bond donors (Lipinski definition) is 1. The van der Waals surface area contributed by atoms with Crippen LogP contribution in [0.2, 0.25) is 0 Å². The first kappa shape index (κ1) is 13.3. The minimum absolute atomic E-state index is 0.682. The Hall–Kier alpha value is -1.09. The quantitative estimate of drug-likeness (QED) is 0.886. The lowest BCUT2D eigenvalue weighted by Crippen LogP contribution is -2.40. The van der Waals surface area contributed by atoms with Crippen molar-refractivity contribution in [2.75, 3.05) is 18.5 Å². The molecule has 1 aliphatic carbocycles. The molecule has 1 aromatic heterocycles. The SMILES string of the molecule is CCNC1CCC(N(C)c2ccnc(C)c2)CC1. The topological polar surface area (TPSA) is 28.2 Å². The zero-order valence-electron chi connectivity index (χ0n) is 11.8. The van der Waals surface area contributed by atoms with Crippen LogP contribution in [0.25, 0.3) is 0 Å². The highest BCUT2D eigenvalue weighted by molar-refractivity contribution is 5.46. The highest BCUT2D eigenvalue weighted by atomic mass is 15.1. The van der Waals surface area contributed by atoms with E-state index < -0.39 is 0 Å². The Labute approximate surface area is 111 Å². The van der Waals surface area contributed by atoms with Crippen LogP contribution < -0.4 is 10.2 Å². The van der Waals surface area contributed by atoms with Crippen molar-refractivity contribution < 1.29 is 0 Å². The fourth-order valence-corrected chi connectivity index (χ4v) is 2.92. The Balaban J connectivity index is 1.93. The van der Waals surface area contributed by atoms with E-state index in [1.165, 1.54) is 31.4 Å². The van der Waals surface area contributed by atoms with Gasteiger partial charge < -0.3 is 10.2 Å². The lowest BCUT2D eigenvalue weighted by molar-refractivity contribution is 0.341. The largest absolute Gasteiger partial charge is 0.372 e. The van der Waals surface area contributed by atoms with Gasteiger partial charge in [-0.2, -0.15) is 0 Å². The molecule has 0 radical (unpaired) electrons. The van der Waals surface area contributed by atoms with E-state index in [0.717, 1.165) is 18.3 Å². The Morgan fingerprint density at radius 1 is 1.33 bits per heavy atom. The number of nitrogens with zero attached hydrogens (tertiary/aromatic N) is 2. The number of hydrogen-bond acceptors (Lipinski definition) is 3. The third kappa shape index (κ3) is 3.22. The van der Waals surface area contributed by atoms with Gasteiger partial charge in [0.1, 0.15) is 0 Å². The first-order chi connectivity index (χ1) is 8.70. The fraction of sp³-hybridized carbons (Fsp3) is 0.667. The van der Waals surface area contributed by atoms with Crippen molar-refractivity contribution in [3.8, 4) is 0 Å². The summed E-state index contributed by atoms with van der Waals surface area (Å²) in [5.74, 6) is 0. The van der Waals surface area contributed by atoms with E-state index in [9.17, 15) is 0 Å². The second-order valence-electron chi connectivity index (χ2n) is 5.33. The standard InChI is InChI=1S/C15H25N3/c1-4-16-13-5-7-14(8-6-13)18(3)15-9-10-17-12(2)11-15/h9-11,13-14,16H,4-8H2,1-3H3. The van der Waals surface area contributed by atoms with E-state index in [-0.39, 0.29) is 0 Å². The number of anilines is 1. The van der Waals surface area contributed by atoms with E-state index >= 15 is 0 Å². The second-order valence-corrected chi connectivity index (χ2v) is 5.33. The first-order valence-electron chi connectivity index (χ1n) is 7.09. The van der Waals surface area contributed by atoms with Crippen LogP contribution in [0.3, 0.4) is 0 Å². The van der Waals surface area contributed by atoms with Gasteiger partial charge >= 0.3 is 0 Å². The molecule has 3 heteroatoms. The van der Waals surface area contributed by atoms with Crippen LogP contribution in [-0.4, -0.2) is 30.7 Å². The monoisotopic (exact) mass is 247 g/mol. The molecular formula is C15H25N3. The van der Waals surface area contributed by atoms with E-state index in [0.29, 0.717) is 6.04 Å². The molecule has 1 aliphatic rings. The summed E-state index contributed by atoms with van der Waals surface area (Å²) in [7, 11) is 2.22. The molecule has 1 fully saturated rings. The van der Waals surface area contributed by atoms with Gasteiger partial charge in [0.2, 0.25) is 0 Å². The molecule has 100 valence electrons. The molecule has 1 heterocycles. The molecule has 0 aliphatic heterocycles. The Morgan fingerprint density at radius 3 is 2.67 bits per heavy atom. The van der Waals surface area contributed by atoms with E-state index in [1.54, 1.807) is 0 Å². The lowest BCUT2D eigenvalue weighted by atomic mass is 9.90. The fourth-order valence-electron chi connectivity index (χ4n) is 2.92. The van der Waals surface area contributed by atoms with Gasteiger partial charge in [-0.1, -0.05) is 6.92 Å². The number of aryl methyl sites for hydroxylation is 1. The number of rotatable bonds is 4.